The first-order valence-electron chi connectivity index (χ1n) is 8.18. The van der Waals surface area contributed by atoms with Gasteiger partial charge in [0.05, 0.1) is 10.1 Å². The number of rotatable bonds is 9. The lowest BCUT2D eigenvalue weighted by atomic mass is 10.4. The minimum absolute atomic E-state index is 0.0668. The molecule has 136 valence electrons. The predicted octanol–water partition coefficient (Wildman–Crippen LogP) is 2.23. The average molecular weight is 382 g/mol. The van der Waals surface area contributed by atoms with Crippen molar-refractivity contribution in [2.75, 3.05) is 13.1 Å². The molecule has 0 aromatic carbocycles. The van der Waals surface area contributed by atoms with Crippen molar-refractivity contribution in [3.63, 3.8) is 0 Å². The first-order chi connectivity index (χ1) is 12.0. The van der Waals surface area contributed by atoms with E-state index in [4.69, 9.17) is 5.73 Å². The standard InChI is InChI=1S/C16H23N5O2S2/c1-4-20(5-2)15(23)11(3)25-16-19-18-14(12-7-6-10-24-12)21(16)9-8-13(17)22/h6-7,10-11H,4-5,8-9H2,1-3H3,(H2,17,22). The van der Waals surface area contributed by atoms with Crippen molar-refractivity contribution < 1.29 is 9.59 Å². The van der Waals surface area contributed by atoms with Crippen LogP contribution in [0, 0.1) is 0 Å². The summed E-state index contributed by atoms with van der Waals surface area (Å²) in [6.45, 7) is 7.53. The topological polar surface area (TPSA) is 94.1 Å². The molecule has 0 aliphatic rings. The van der Waals surface area contributed by atoms with Crippen LogP contribution in [-0.2, 0) is 16.1 Å². The van der Waals surface area contributed by atoms with Crippen molar-refractivity contribution in [2.24, 2.45) is 5.73 Å². The molecule has 1 unspecified atom stereocenters. The fourth-order valence-electron chi connectivity index (χ4n) is 2.39. The molecule has 2 aromatic heterocycles. The lowest BCUT2D eigenvalue weighted by Gasteiger charge is -2.22. The molecule has 9 heteroatoms. The van der Waals surface area contributed by atoms with Gasteiger partial charge in [0, 0.05) is 26.1 Å². The van der Waals surface area contributed by atoms with Crippen molar-refractivity contribution in [1.29, 1.82) is 0 Å². The average Bonchev–Trinajstić information content (AvgIpc) is 3.23. The first kappa shape index (κ1) is 19.5. The molecule has 0 saturated heterocycles. The van der Waals surface area contributed by atoms with E-state index in [0.717, 1.165) is 4.88 Å². The largest absolute Gasteiger partial charge is 0.370 e. The minimum Gasteiger partial charge on any atom is -0.370 e. The highest BCUT2D eigenvalue weighted by atomic mass is 32.2. The SMILES string of the molecule is CCN(CC)C(=O)C(C)Sc1nnc(-c2cccs2)n1CCC(N)=O. The number of carbonyl (C=O) groups is 2. The molecule has 0 saturated carbocycles. The van der Waals surface area contributed by atoms with Crippen LogP contribution in [0.15, 0.2) is 22.7 Å². The van der Waals surface area contributed by atoms with Gasteiger partial charge in [0.15, 0.2) is 11.0 Å². The van der Waals surface area contributed by atoms with E-state index in [1.165, 1.54) is 11.8 Å². The third kappa shape index (κ3) is 4.82. The van der Waals surface area contributed by atoms with Crippen molar-refractivity contribution in [3.05, 3.63) is 17.5 Å². The third-order valence-corrected chi connectivity index (χ3v) is 5.68. The van der Waals surface area contributed by atoms with E-state index < -0.39 is 0 Å². The molecule has 0 fully saturated rings. The Labute approximate surface area is 155 Å². The zero-order chi connectivity index (χ0) is 18.4. The lowest BCUT2D eigenvalue weighted by molar-refractivity contribution is -0.129. The number of thiophene rings is 1. The molecular formula is C16H23N5O2S2. The Kier molecular flexibility index (Phi) is 7.01. The van der Waals surface area contributed by atoms with Crippen LogP contribution in [0.2, 0.25) is 0 Å². The Hall–Kier alpha value is -1.87. The van der Waals surface area contributed by atoms with Crippen LogP contribution in [0.3, 0.4) is 0 Å². The summed E-state index contributed by atoms with van der Waals surface area (Å²) < 4.78 is 1.87. The van der Waals surface area contributed by atoms with E-state index in [2.05, 4.69) is 10.2 Å². The Bertz CT molecular complexity index is 710. The molecule has 2 N–H and O–H groups in total. The second-order valence-electron chi connectivity index (χ2n) is 5.42. The Morgan fingerprint density at radius 3 is 2.64 bits per heavy atom. The highest BCUT2D eigenvalue weighted by molar-refractivity contribution is 8.00. The summed E-state index contributed by atoms with van der Waals surface area (Å²) in [5, 5.41) is 10.8. The number of carbonyl (C=O) groups excluding carboxylic acids is 2. The maximum Gasteiger partial charge on any atom is 0.235 e. The van der Waals surface area contributed by atoms with Crippen LogP contribution in [0.4, 0.5) is 0 Å². The molecular weight excluding hydrogens is 358 g/mol. The van der Waals surface area contributed by atoms with Gasteiger partial charge in [0.2, 0.25) is 11.8 Å². The smallest absolute Gasteiger partial charge is 0.235 e. The second kappa shape index (κ2) is 9.00. The number of aromatic nitrogens is 3. The van der Waals surface area contributed by atoms with Crippen molar-refractivity contribution in [3.8, 4) is 10.7 Å². The summed E-state index contributed by atoms with van der Waals surface area (Å²) in [5.41, 5.74) is 5.30. The molecule has 0 spiro atoms. The number of nitrogens with two attached hydrogens (primary N) is 1. The van der Waals surface area contributed by atoms with E-state index >= 15 is 0 Å². The molecule has 0 aliphatic carbocycles. The fraction of sp³-hybridized carbons (Fsp3) is 0.500. The van der Waals surface area contributed by atoms with Gasteiger partial charge in [-0.2, -0.15) is 0 Å². The van der Waals surface area contributed by atoms with Crippen LogP contribution in [0.25, 0.3) is 10.7 Å². The van der Waals surface area contributed by atoms with Gasteiger partial charge >= 0.3 is 0 Å². The fourth-order valence-corrected chi connectivity index (χ4v) is 4.06. The molecule has 2 heterocycles. The molecule has 0 bridgehead atoms. The van der Waals surface area contributed by atoms with Gasteiger partial charge in [-0.3, -0.25) is 9.59 Å². The van der Waals surface area contributed by atoms with Gasteiger partial charge in [0.25, 0.3) is 0 Å². The molecule has 7 nitrogen and oxygen atoms in total. The molecule has 2 rings (SSSR count). The summed E-state index contributed by atoms with van der Waals surface area (Å²) in [7, 11) is 0. The minimum atomic E-state index is -0.381. The lowest BCUT2D eigenvalue weighted by Crippen LogP contribution is -2.36. The summed E-state index contributed by atoms with van der Waals surface area (Å²) in [6.07, 6.45) is 0.197. The van der Waals surface area contributed by atoms with Crippen molar-refractivity contribution in [2.45, 2.75) is 44.1 Å². The van der Waals surface area contributed by atoms with E-state index in [1.54, 1.807) is 16.2 Å². The molecule has 0 radical (unpaired) electrons. The molecule has 25 heavy (non-hydrogen) atoms. The normalized spacial score (nSPS) is 12.1. The van der Waals surface area contributed by atoms with Gasteiger partial charge < -0.3 is 15.2 Å². The Morgan fingerprint density at radius 1 is 1.36 bits per heavy atom. The zero-order valence-corrected chi connectivity index (χ0v) is 16.3. The van der Waals surface area contributed by atoms with E-state index in [-0.39, 0.29) is 23.5 Å². The zero-order valence-electron chi connectivity index (χ0n) is 14.6. The highest BCUT2D eigenvalue weighted by Crippen LogP contribution is 2.29. The third-order valence-electron chi connectivity index (χ3n) is 3.75. The molecule has 2 aromatic rings. The number of amides is 2. The quantitative estimate of drug-likeness (QED) is 0.672. The number of hydrogen-bond acceptors (Lipinski definition) is 6. The van der Waals surface area contributed by atoms with Gasteiger partial charge in [-0.05, 0) is 32.2 Å². The van der Waals surface area contributed by atoms with Crippen LogP contribution < -0.4 is 5.73 Å². The summed E-state index contributed by atoms with van der Waals surface area (Å²) >= 11 is 2.91. The monoisotopic (exact) mass is 381 g/mol. The van der Waals surface area contributed by atoms with Gasteiger partial charge in [0.1, 0.15) is 0 Å². The summed E-state index contributed by atoms with van der Waals surface area (Å²) in [5.74, 6) is 0.382. The Balaban J connectivity index is 2.24. The molecule has 2 amide bonds. The van der Waals surface area contributed by atoms with Crippen LogP contribution in [-0.4, -0.2) is 49.8 Å². The van der Waals surface area contributed by atoms with E-state index in [1.807, 2.05) is 42.9 Å². The van der Waals surface area contributed by atoms with Gasteiger partial charge in [-0.1, -0.05) is 17.8 Å². The van der Waals surface area contributed by atoms with Crippen molar-refractivity contribution >= 4 is 34.9 Å². The molecule has 1 atom stereocenters. The number of thioether (sulfide) groups is 1. The first-order valence-corrected chi connectivity index (χ1v) is 9.94. The van der Waals surface area contributed by atoms with Gasteiger partial charge in [-0.15, -0.1) is 21.5 Å². The number of primary amides is 1. The molecule has 0 aliphatic heterocycles. The van der Waals surface area contributed by atoms with E-state index in [9.17, 15) is 9.59 Å². The summed E-state index contributed by atoms with van der Waals surface area (Å²) in [4.78, 5) is 26.5. The maximum absolute atomic E-state index is 12.5. The van der Waals surface area contributed by atoms with Crippen LogP contribution >= 0.6 is 23.1 Å². The predicted molar refractivity (Wildman–Crippen MR) is 100 cm³/mol. The van der Waals surface area contributed by atoms with Crippen molar-refractivity contribution in [1.82, 2.24) is 19.7 Å². The van der Waals surface area contributed by atoms with Crippen LogP contribution in [0.5, 0.6) is 0 Å². The number of nitrogens with zero attached hydrogens (tertiary/aromatic N) is 4. The Morgan fingerprint density at radius 2 is 2.08 bits per heavy atom. The maximum atomic E-state index is 12.5. The highest BCUT2D eigenvalue weighted by Gasteiger charge is 2.23. The van der Waals surface area contributed by atoms with Gasteiger partial charge in [-0.25, -0.2) is 0 Å². The summed E-state index contributed by atoms with van der Waals surface area (Å²) in [6, 6.07) is 3.89. The second-order valence-corrected chi connectivity index (χ2v) is 7.68. The van der Waals surface area contributed by atoms with Crippen LogP contribution in [0.1, 0.15) is 27.2 Å². The number of hydrogen-bond donors (Lipinski definition) is 1. The van der Waals surface area contributed by atoms with E-state index in [0.29, 0.717) is 30.6 Å².